The molecule has 5 nitrogen and oxygen atoms in total. The van der Waals surface area contributed by atoms with Crippen molar-refractivity contribution in [3.05, 3.63) is 35.6 Å². The molecule has 0 aliphatic carbocycles. The molecule has 1 atom stereocenters. The van der Waals surface area contributed by atoms with Crippen LogP contribution >= 0.6 is 0 Å². The number of benzene rings is 1. The summed E-state index contributed by atoms with van der Waals surface area (Å²) in [5.74, 6) is -0.521. The van der Waals surface area contributed by atoms with Crippen molar-refractivity contribution in [2.75, 3.05) is 20.3 Å². The van der Waals surface area contributed by atoms with Gasteiger partial charge in [-0.05, 0) is 25.0 Å². The molecule has 0 bridgehead atoms. The number of esters is 1. The van der Waals surface area contributed by atoms with Gasteiger partial charge in [-0.2, -0.15) is 0 Å². The highest BCUT2D eigenvalue weighted by molar-refractivity contribution is 6.01. The third-order valence-electron chi connectivity index (χ3n) is 4.58. The first-order valence-electron chi connectivity index (χ1n) is 7.78. The van der Waals surface area contributed by atoms with Crippen molar-refractivity contribution < 1.29 is 23.5 Å². The Kier molecular flexibility index (Phi) is 4.61. The lowest BCUT2D eigenvalue weighted by atomic mass is 9.75. The van der Waals surface area contributed by atoms with E-state index in [4.69, 9.17) is 14.3 Å². The van der Waals surface area contributed by atoms with Crippen LogP contribution in [0.2, 0.25) is 0 Å². The van der Waals surface area contributed by atoms with Gasteiger partial charge in [0.1, 0.15) is 11.9 Å². The second-order valence-electron chi connectivity index (χ2n) is 6.07. The highest BCUT2D eigenvalue weighted by Gasteiger charge is 2.44. The van der Waals surface area contributed by atoms with E-state index in [-0.39, 0.29) is 17.9 Å². The summed E-state index contributed by atoms with van der Waals surface area (Å²) in [5, 5.41) is 4.08. The molecule has 0 saturated carbocycles. The van der Waals surface area contributed by atoms with Crippen LogP contribution in [0.3, 0.4) is 0 Å². The zero-order valence-electron chi connectivity index (χ0n) is 13.1. The summed E-state index contributed by atoms with van der Waals surface area (Å²) < 4.78 is 23.7. The fourth-order valence-electron chi connectivity index (χ4n) is 3.28. The number of carbonyl (C=O) groups is 1. The maximum atomic E-state index is 13.3. The number of hydrogen-bond donors (Lipinski definition) is 0. The number of oxime groups is 1. The average Bonchev–Trinajstić information content (AvgIpc) is 3.03. The van der Waals surface area contributed by atoms with Gasteiger partial charge in [0.2, 0.25) is 0 Å². The van der Waals surface area contributed by atoms with E-state index in [1.54, 1.807) is 12.1 Å². The van der Waals surface area contributed by atoms with E-state index >= 15 is 0 Å². The van der Waals surface area contributed by atoms with Crippen molar-refractivity contribution in [3.63, 3.8) is 0 Å². The molecular formula is C17H20FNO4. The molecule has 1 aromatic carbocycles. The lowest BCUT2D eigenvalue weighted by Crippen LogP contribution is -2.41. The lowest BCUT2D eigenvalue weighted by molar-refractivity contribution is -0.162. The first-order valence-corrected chi connectivity index (χ1v) is 7.78. The Bertz CT molecular complexity index is 610. The molecule has 6 heteroatoms. The zero-order chi connectivity index (χ0) is 16.3. The summed E-state index contributed by atoms with van der Waals surface area (Å²) in [5.41, 5.74) is 0.845. The number of methoxy groups -OCH3 is 1. The van der Waals surface area contributed by atoms with Gasteiger partial charge in [-0.3, -0.25) is 4.79 Å². The maximum Gasteiger partial charge on any atom is 0.312 e. The van der Waals surface area contributed by atoms with Crippen LogP contribution in [0.1, 0.15) is 31.2 Å². The van der Waals surface area contributed by atoms with Gasteiger partial charge in [0, 0.05) is 31.6 Å². The molecule has 0 spiro atoms. The van der Waals surface area contributed by atoms with Gasteiger partial charge in [0.05, 0.1) is 18.2 Å². The second kappa shape index (κ2) is 6.66. The second-order valence-corrected chi connectivity index (χ2v) is 6.07. The van der Waals surface area contributed by atoms with Crippen LogP contribution in [-0.4, -0.2) is 38.1 Å². The highest BCUT2D eigenvalue weighted by Crippen LogP contribution is 2.39. The van der Waals surface area contributed by atoms with E-state index in [0.717, 1.165) is 0 Å². The number of halogens is 1. The molecular weight excluding hydrogens is 301 g/mol. The Hall–Kier alpha value is -1.95. The zero-order valence-corrected chi connectivity index (χ0v) is 13.1. The largest absolute Gasteiger partial charge is 0.469 e. The lowest BCUT2D eigenvalue weighted by Gasteiger charge is -2.35. The monoisotopic (exact) mass is 321 g/mol. The molecule has 124 valence electrons. The summed E-state index contributed by atoms with van der Waals surface area (Å²) in [7, 11) is 1.41. The van der Waals surface area contributed by atoms with Crippen LogP contribution in [0.5, 0.6) is 0 Å². The molecule has 1 aromatic rings. The standard InChI is InChI=1S/C17H20FNO4/c1-21-16(20)17(5-7-22-8-6-17)11-14-10-15(19-23-14)12-3-2-4-13(18)9-12/h2-4,9,14H,5-8,10-11H2,1H3/t14-/m0/s1. The minimum absolute atomic E-state index is 0.203. The van der Waals surface area contributed by atoms with E-state index in [0.29, 0.717) is 50.2 Å². The molecule has 3 rings (SSSR count). The molecule has 0 N–H and O–H groups in total. The van der Waals surface area contributed by atoms with E-state index in [2.05, 4.69) is 5.16 Å². The van der Waals surface area contributed by atoms with Crippen LogP contribution in [0.15, 0.2) is 29.4 Å². The Morgan fingerprint density at radius 3 is 2.91 bits per heavy atom. The molecule has 23 heavy (non-hydrogen) atoms. The Balaban J connectivity index is 1.68. The van der Waals surface area contributed by atoms with Crippen LogP contribution in [0, 0.1) is 11.2 Å². The van der Waals surface area contributed by atoms with Gasteiger partial charge in [0.15, 0.2) is 0 Å². The summed E-state index contributed by atoms with van der Waals surface area (Å²) >= 11 is 0. The number of nitrogens with zero attached hydrogens (tertiary/aromatic N) is 1. The fourth-order valence-corrected chi connectivity index (χ4v) is 3.28. The van der Waals surface area contributed by atoms with Crippen LogP contribution in [-0.2, 0) is 19.1 Å². The molecule has 0 unspecified atom stereocenters. The highest BCUT2D eigenvalue weighted by atomic mass is 19.1. The molecule has 1 fully saturated rings. The van der Waals surface area contributed by atoms with Crippen molar-refractivity contribution in [2.24, 2.45) is 10.6 Å². The number of ether oxygens (including phenoxy) is 2. The minimum atomic E-state index is -0.579. The van der Waals surface area contributed by atoms with Gasteiger partial charge >= 0.3 is 5.97 Å². The van der Waals surface area contributed by atoms with Crippen LogP contribution in [0.25, 0.3) is 0 Å². The third-order valence-corrected chi connectivity index (χ3v) is 4.58. The van der Waals surface area contributed by atoms with Gasteiger partial charge in [-0.15, -0.1) is 0 Å². The van der Waals surface area contributed by atoms with E-state index < -0.39 is 5.41 Å². The molecule has 2 aliphatic heterocycles. The average molecular weight is 321 g/mol. The predicted octanol–water partition coefficient (Wildman–Crippen LogP) is 2.68. The number of carbonyl (C=O) groups excluding carboxylic acids is 1. The predicted molar refractivity (Wildman–Crippen MR) is 81.5 cm³/mol. The van der Waals surface area contributed by atoms with Crippen molar-refractivity contribution in [3.8, 4) is 0 Å². The van der Waals surface area contributed by atoms with E-state index in [9.17, 15) is 9.18 Å². The quantitative estimate of drug-likeness (QED) is 0.800. The van der Waals surface area contributed by atoms with Crippen molar-refractivity contribution in [1.82, 2.24) is 0 Å². The molecule has 0 aromatic heterocycles. The van der Waals surface area contributed by atoms with Crippen molar-refractivity contribution in [2.45, 2.75) is 31.8 Å². The normalized spacial score (nSPS) is 23.0. The van der Waals surface area contributed by atoms with Gasteiger partial charge in [0.25, 0.3) is 0 Å². The summed E-state index contributed by atoms with van der Waals surface area (Å²) in [6.07, 6.45) is 2.13. The molecule has 2 aliphatic rings. The van der Waals surface area contributed by atoms with Crippen LogP contribution in [0.4, 0.5) is 4.39 Å². The van der Waals surface area contributed by atoms with Crippen molar-refractivity contribution in [1.29, 1.82) is 0 Å². The fraction of sp³-hybridized carbons (Fsp3) is 0.529. The first kappa shape index (κ1) is 15.9. The third kappa shape index (κ3) is 3.37. The molecule has 1 saturated heterocycles. The molecule has 0 amide bonds. The maximum absolute atomic E-state index is 13.3. The summed E-state index contributed by atoms with van der Waals surface area (Å²) in [4.78, 5) is 17.8. The van der Waals surface area contributed by atoms with Gasteiger partial charge in [-0.25, -0.2) is 4.39 Å². The smallest absolute Gasteiger partial charge is 0.312 e. The van der Waals surface area contributed by atoms with Crippen molar-refractivity contribution >= 4 is 11.7 Å². The SMILES string of the molecule is COC(=O)C1(C[C@@H]2CC(c3cccc(F)c3)=NO2)CCOCC1. The van der Waals surface area contributed by atoms with E-state index in [1.165, 1.54) is 19.2 Å². The van der Waals surface area contributed by atoms with Gasteiger partial charge < -0.3 is 14.3 Å². The summed E-state index contributed by atoms with van der Waals surface area (Å²) in [6.45, 7) is 1.08. The van der Waals surface area contributed by atoms with E-state index in [1.807, 2.05) is 0 Å². The molecule has 0 radical (unpaired) electrons. The Morgan fingerprint density at radius 2 is 2.22 bits per heavy atom. The Morgan fingerprint density at radius 1 is 1.43 bits per heavy atom. The summed E-state index contributed by atoms with van der Waals surface area (Å²) in [6, 6.07) is 6.29. The Labute approximate surface area is 134 Å². The number of rotatable bonds is 4. The van der Waals surface area contributed by atoms with Crippen LogP contribution < -0.4 is 0 Å². The van der Waals surface area contributed by atoms with Gasteiger partial charge in [-0.1, -0.05) is 17.3 Å². The number of hydrogen-bond acceptors (Lipinski definition) is 5. The topological polar surface area (TPSA) is 57.1 Å². The minimum Gasteiger partial charge on any atom is -0.469 e. The molecule has 2 heterocycles. The first-order chi connectivity index (χ1) is 11.1.